The molecule has 0 atom stereocenters. The van der Waals surface area contributed by atoms with Crippen LogP contribution in [0.5, 0.6) is 0 Å². The third kappa shape index (κ3) is 10.3. The monoisotopic (exact) mass is 1630 g/mol. The van der Waals surface area contributed by atoms with E-state index in [1.54, 1.807) is 0 Å². The zero-order valence-corrected chi connectivity index (χ0v) is 71.7. The largest absolute Gasteiger partial charge is 0.309 e. The maximum atomic E-state index is 5.69. The summed E-state index contributed by atoms with van der Waals surface area (Å²) in [6, 6.07) is 148. The Morgan fingerprint density at radius 2 is 0.445 bits per heavy atom. The molecule has 3 aliphatic rings. The van der Waals surface area contributed by atoms with E-state index in [1.165, 1.54) is 154 Å². The summed E-state index contributed by atoms with van der Waals surface area (Å²) in [4.78, 5) is 11.3. The average Bonchev–Trinajstić information content (AvgIpc) is 1.54. The van der Waals surface area contributed by atoms with E-state index in [2.05, 4.69) is 459 Å². The molecule has 3 aliphatic carbocycles. The minimum atomic E-state index is -0.139. The fourth-order valence-corrected chi connectivity index (χ4v) is 23.1. The first-order valence-electron chi connectivity index (χ1n) is 44.7. The van der Waals surface area contributed by atoms with E-state index in [0.717, 1.165) is 100 Å². The third-order valence-electron chi connectivity index (χ3n) is 29.3. The molecule has 18 aromatic carbocycles. The Bertz CT molecular complexity index is 8710. The number of hydrogen-bond acceptors (Lipinski definition) is 2. The summed E-state index contributed by atoms with van der Waals surface area (Å²) in [5.41, 5.74) is 41.3. The highest BCUT2D eigenvalue weighted by molar-refractivity contribution is 6.17. The van der Waals surface area contributed by atoms with Crippen LogP contribution in [0.25, 0.3) is 227 Å². The van der Waals surface area contributed by atoms with E-state index in [1.807, 2.05) is 0 Å². The number of rotatable bonds is 10. The van der Waals surface area contributed by atoms with Crippen LogP contribution in [0.2, 0.25) is 0 Å². The SMILES string of the molecule is CC1(C)c2ccccc2-c2ccc(-n3c4ccccc4c4cc(-c5ccc6c(c5)c5ccccc5n6-c5cccc(-c6cc(-n7c8ccc(-c9ccc%10c(c9)c9ccccc9n%10-c9ccc%10c(c9)C(C)(C)c9ccccc9-%10)cc8c8cc(-c9ccc%10c(c9)c9ccccc9n%10-c9ccc%10c(c9)C(C)(C)c9ccccc9-%10)ccc87)nc(-c7ccccc7)n6)c5)ccc43)cc21. The normalized spacial score (nSPS) is 13.9. The lowest BCUT2D eigenvalue weighted by atomic mass is 9.82. The summed E-state index contributed by atoms with van der Waals surface area (Å²) in [5, 5.41) is 11.9. The zero-order chi connectivity index (χ0) is 84.9. The van der Waals surface area contributed by atoms with E-state index in [9.17, 15) is 0 Å². The number of para-hydroxylation sites is 4. The van der Waals surface area contributed by atoms with Gasteiger partial charge in [0.05, 0.1) is 60.9 Å². The molecule has 6 aromatic heterocycles. The van der Waals surface area contributed by atoms with Gasteiger partial charge in [0.15, 0.2) is 5.82 Å². The minimum absolute atomic E-state index is 0.115. The van der Waals surface area contributed by atoms with Crippen molar-refractivity contribution in [3.05, 3.63) is 428 Å². The second-order valence-electron chi connectivity index (χ2n) is 37.2. The fraction of sp³-hybridized carbons (Fsp3) is 0.0744. The standard InChI is InChI=1S/C121H83N7/c1-119(2)100-36-17-10-29-84(100)87-52-49-81(68-103(87)119)125-108-40-21-14-33-91(108)95-63-74(44-56-112(95)125)73-43-55-111-94(62-73)90-32-13-20-39-107(90)124(111)80-28-24-27-79(61-80)106-71-117(123-118(122-106)72-25-8-7-9-26-72)128-115-59-47-77(75-45-57-113-96(64-75)92-34-15-22-41-109(92)126(113)82-50-53-88-85-30-11-18-37-101(85)120(3,4)104(88)69-82)66-98(115)99-67-78(48-60-116(99)128)76-46-58-114-97(65-76)93-35-16-23-42-110(93)127(114)83-51-54-89-86-31-12-19-38-102(86)121(5,6)105(89)70-83/h7-71H,1-6H3. The summed E-state index contributed by atoms with van der Waals surface area (Å²) in [6.45, 7) is 14.2. The molecule has 0 amide bonds. The van der Waals surface area contributed by atoms with Gasteiger partial charge in [-0.15, -0.1) is 0 Å². The second-order valence-corrected chi connectivity index (χ2v) is 37.2. The highest BCUT2D eigenvalue weighted by atomic mass is 15.1. The van der Waals surface area contributed by atoms with Crippen molar-refractivity contribution in [2.45, 2.75) is 57.8 Å². The van der Waals surface area contributed by atoms with Crippen molar-refractivity contribution in [2.24, 2.45) is 0 Å². The van der Waals surface area contributed by atoms with Crippen LogP contribution in [0.15, 0.2) is 394 Å². The van der Waals surface area contributed by atoms with E-state index >= 15 is 0 Å². The molecule has 602 valence electrons. The van der Waals surface area contributed by atoms with Crippen LogP contribution in [0.1, 0.15) is 74.9 Å². The molecule has 27 rings (SSSR count). The van der Waals surface area contributed by atoms with Gasteiger partial charge in [0.2, 0.25) is 0 Å². The Balaban J connectivity index is 0.599. The number of benzene rings is 18. The van der Waals surface area contributed by atoms with Gasteiger partial charge in [-0.05, 0) is 246 Å². The molecule has 7 nitrogen and oxygen atoms in total. The maximum absolute atomic E-state index is 5.69. The van der Waals surface area contributed by atoms with Gasteiger partial charge in [-0.1, -0.05) is 284 Å². The van der Waals surface area contributed by atoms with Crippen molar-refractivity contribution in [1.82, 2.24) is 32.8 Å². The molecule has 0 unspecified atom stereocenters. The van der Waals surface area contributed by atoms with Crippen molar-refractivity contribution in [2.75, 3.05) is 0 Å². The summed E-state index contributed by atoms with van der Waals surface area (Å²) < 4.78 is 12.2. The molecule has 24 aromatic rings. The molecular formula is C121H83N7. The lowest BCUT2D eigenvalue weighted by molar-refractivity contribution is 0.660. The molecule has 0 fully saturated rings. The molecule has 128 heavy (non-hydrogen) atoms. The Morgan fingerprint density at radius 3 is 0.797 bits per heavy atom. The van der Waals surface area contributed by atoms with Gasteiger partial charge in [-0.3, -0.25) is 4.57 Å². The third-order valence-corrected chi connectivity index (χ3v) is 29.3. The van der Waals surface area contributed by atoms with Crippen LogP contribution in [0.3, 0.4) is 0 Å². The maximum Gasteiger partial charge on any atom is 0.162 e. The molecule has 0 radical (unpaired) electrons. The van der Waals surface area contributed by atoms with E-state index in [-0.39, 0.29) is 16.2 Å². The first-order chi connectivity index (χ1) is 62.7. The van der Waals surface area contributed by atoms with E-state index < -0.39 is 0 Å². The predicted molar refractivity (Wildman–Crippen MR) is 534 cm³/mol. The molecule has 0 saturated heterocycles. The molecule has 0 N–H and O–H groups in total. The minimum Gasteiger partial charge on any atom is -0.309 e. The lowest BCUT2D eigenvalue weighted by Gasteiger charge is -2.22. The van der Waals surface area contributed by atoms with Gasteiger partial charge < -0.3 is 18.3 Å². The zero-order valence-electron chi connectivity index (χ0n) is 71.7. The van der Waals surface area contributed by atoms with Gasteiger partial charge in [-0.25, -0.2) is 9.97 Å². The number of nitrogens with zero attached hydrogens (tertiary/aromatic N) is 7. The van der Waals surface area contributed by atoms with Crippen molar-refractivity contribution in [1.29, 1.82) is 0 Å². The molecule has 0 saturated carbocycles. The van der Waals surface area contributed by atoms with Crippen molar-refractivity contribution >= 4 is 109 Å². The predicted octanol–water partition coefficient (Wildman–Crippen LogP) is 31.2. The highest BCUT2D eigenvalue weighted by Gasteiger charge is 2.39. The Hall–Kier alpha value is -16.0. The van der Waals surface area contributed by atoms with Crippen LogP contribution in [-0.4, -0.2) is 32.8 Å². The first kappa shape index (κ1) is 72.5. The van der Waals surface area contributed by atoms with Crippen molar-refractivity contribution in [3.8, 4) is 118 Å². The summed E-state index contributed by atoms with van der Waals surface area (Å²) in [5.74, 6) is 1.41. The van der Waals surface area contributed by atoms with Crippen LogP contribution < -0.4 is 0 Å². The summed E-state index contributed by atoms with van der Waals surface area (Å²) >= 11 is 0. The molecule has 0 aliphatic heterocycles. The smallest absolute Gasteiger partial charge is 0.162 e. The van der Waals surface area contributed by atoms with Gasteiger partial charge in [0.1, 0.15) is 5.82 Å². The average molecular weight is 1640 g/mol. The highest BCUT2D eigenvalue weighted by Crippen LogP contribution is 2.55. The molecule has 6 heterocycles. The van der Waals surface area contributed by atoms with Gasteiger partial charge in [-0.2, -0.15) is 0 Å². The van der Waals surface area contributed by atoms with Gasteiger partial charge in [0.25, 0.3) is 0 Å². The van der Waals surface area contributed by atoms with Gasteiger partial charge in [0, 0.05) is 110 Å². The fourth-order valence-electron chi connectivity index (χ4n) is 23.1. The number of fused-ring (bicyclic) bond motifs is 24. The Labute approximate surface area is 740 Å². The number of hydrogen-bond donors (Lipinski definition) is 0. The topological polar surface area (TPSA) is 50.4 Å². The van der Waals surface area contributed by atoms with Crippen LogP contribution in [0, 0.1) is 0 Å². The van der Waals surface area contributed by atoms with Crippen molar-refractivity contribution < 1.29 is 0 Å². The van der Waals surface area contributed by atoms with E-state index in [4.69, 9.17) is 9.97 Å². The Morgan fingerprint density at radius 1 is 0.172 bits per heavy atom. The van der Waals surface area contributed by atoms with Crippen LogP contribution in [0.4, 0.5) is 0 Å². The summed E-state index contributed by atoms with van der Waals surface area (Å²) in [7, 11) is 0. The number of aromatic nitrogens is 7. The quantitative estimate of drug-likeness (QED) is 0.137. The molecule has 7 heteroatoms. The summed E-state index contributed by atoms with van der Waals surface area (Å²) in [6.07, 6.45) is 0. The molecule has 0 bridgehead atoms. The van der Waals surface area contributed by atoms with Crippen molar-refractivity contribution in [3.63, 3.8) is 0 Å². The van der Waals surface area contributed by atoms with Crippen LogP contribution in [-0.2, 0) is 16.2 Å². The van der Waals surface area contributed by atoms with Gasteiger partial charge >= 0.3 is 0 Å². The molecular weight excluding hydrogens is 1550 g/mol. The van der Waals surface area contributed by atoms with Crippen LogP contribution >= 0.6 is 0 Å². The van der Waals surface area contributed by atoms with E-state index in [0.29, 0.717) is 5.82 Å². The lowest BCUT2D eigenvalue weighted by Crippen LogP contribution is -2.15. The first-order valence-corrected chi connectivity index (χ1v) is 44.7. The second kappa shape index (κ2) is 26.5. The Kier molecular flexibility index (Phi) is 15.0. The molecule has 0 spiro atoms.